The van der Waals surface area contributed by atoms with E-state index in [4.69, 9.17) is 4.74 Å². The molecule has 0 bridgehead atoms. The third kappa shape index (κ3) is 3.57. The third-order valence-electron chi connectivity index (χ3n) is 4.52. The van der Waals surface area contributed by atoms with E-state index in [9.17, 15) is 9.59 Å². The summed E-state index contributed by atoms with van der Waals surface area (Å²) in [6.07, 6.45) is 0. The number of carbonyl (C=O) groups is 1. The van der Waals surface area contributed by atoms with Crippen molar-refractivity contribution in [2.24, 2.45) is 0 Å². The van der Waals surface area contributed by atoms with Crippen LogP contribution in [0.3, 0.4) is 0 Å². The van der Waals surface area contributed by atoms with Crippen molar-refractivity contribution < 1.29 is 9.53 Å². The van der Waals surface area contributed by atoms with Gasteiger partial charge in [0.15, 0.2) is 0 Å². The van der Waals surface area contributed by atoms with Crippen molar-refractivity contribution in [2.45, 2.75) is 25.1 Å². The smallest absolute Gasteiger partial charge is 0.270 e. The van der Waals surface area contributed by atoms with Gasteiger partial charge >= 0.3 is 0 Å². The summed E-state index contributed by atoms with van der Waals surface area (Å²) in [5, 5.41) is 5.48. The number of amides is 1. The molecule has 2 aromatic carbocycles. The Kier molecular flexibility index (Phi) is 5.00. The number of benzene rings is 2. The molecule has 0 unspecified atom stereocenters. The zero-order valence-electron chi connectivity index (χ0n) is 15.6. The fraction of sp³-hybridized carbons (Fsp3) is 0.238. The molecule has 0 fully saturated rings. The molecule has 6 nitrogen and oxygen atoms in total. The van der Waals surface area contributed by atoms with Gasteiger partial charge in [0, 0.05) is 6.04 Å². The summed E-state index contributed by atoms with van der Waals surface area (Å²) in [6, 6.07) is 17.2. The molecule has 1 aliphatic rings. The minimum atomic E-state index is -0.267. The number of H-pyrrole nitrogens is 1. The van der Waals surface area contributed by atoms with Crippen molar-refractivity contribution in [1.29, 1.82) is 0 Å². The maximum atomic E-state index is 12.7. The zero-order valence-corrected chi connectivity index (χ0v) is 16.5. The summed E-state index contributed by atoms with van der Waals surface area (Å²) < 4.78 is 7.66. The number of fused-ring (bicyclic) bond motifs is 1. The number of hydrogen-bond donors (Lipinski definition) is 2. The first-order chi connectivity index (χ1) is 13.5. The molecule has 7 heteroatoms. The van der Waals surface area contributed by atoms with Crippen LogP contribution in [0.2, 0.25) is 0 Å². The van der Waals surface area contributed by atoms with Crippen LogP contribution in [-0.4, -0.2) is 21.4 Å². The number of para-hydroxylation sites is 1. The lowest BCUT2D eigenvalue weighted by Gasteiger charge is -2.16. The summed E-state index contributed by atoms with van der Waals surface area (Å²) in [5.74, 6) is 2.15. The molecule has 1 atom stereocenters. The van der Waals surface area contributed by atoms with Gasteiger partial charge in [-0.05, 0) is 43.7 Å². The van der Waals surface area contributed by atoms with Crippen LogP contribution in [0.15, 0.2) is 59.4 Å². The van der Waals surface area contributed by atoms with Gasteiger partial charge in [-0.3, -0.25) is 19.4 Å². The van der Waals surface area contributed by atoms with E-state index < -0.39 is 0 Å². The van der Waals surface area contributed by atoms with Crippen LogP contribution in [0.25, 0.3) is 0 Å². The summed E-state index contributed by atoms with van der Waals surface area (Å²) in [5.41, 5.74) is 1.31. The lowest BCUT2D eigenvalue weighted by molar-refractivity contribution is -0.113. The average molecular weight is 395 g/mol. The highest BCUT2D eigenvalue weighted by atomic mass is 32.2. The molecule has 0 radical (unpaired) electrons. The van der Waals surface area contributed by atoms with Gasteiger partial charge in [-0.1, -0.05) is 30.3 Å². The number of thioether (sulfide) groups is 1. The maximum Gasteiger partial charge on any atom is 0.270 e. The molecule has 3 aromatic rings. The van der Waals surface area contributed by atoms with E-state index >= 15 is 0 Å². The van der Waals surface area contributed by atoms with E-state index in [1.54, 1.807) is 4.68 Å². The second kappa shape index (κ2) is 7.59. The number of anilines is 1. The molecule has 0 spiro atoms. The first kappa shape index (κ1) is 18.4. The number of nitrogens with zero attached hydrogens (tertiary/aromatic N) is 1. The minimum Gasteiger partial charge on any atom is -0.457 e. The van der Waals surface area contributed by atoms with Crippen molar-refractivity contribution in [3.63, 3.8) is 0 Å². The second-order valence-corrected chi connectivity index (χ2v) is 7.99. The molecule has 4 rings (SSSR count). The van der Waals surface area contributed by atoms with E-state index in [2.05, 4.69) is 10.4 Å². The van der Waals surface area contributed by atoms with Gasteiger partial charge in [0.2, 0.25) is 5.91 Å². The topological polar surface area (TPSA) is 76.1 Å². The molecule has 0 aliphatic carbocycles. The number of carbonyl (C=O) groups excluding carboxylic acids is 1. The summed E-state index contributed by atoms with van der Waals surface area (Å²) in [7, 11) is 0. The standard InChI is InChI=1S/C21H21N3O3S/c1-13(2)24-20-18(21(26)23-24)19(28-12-17(25)22-20)14-7-6-10-16(11-14)27-15-8-4-3-5-9-15/h3-11,13,19H,12H2,1-2H3,(H,22,25)(H,23,26)/t19-/m0/s1. The van der Waals surface area contributed by atoms with Crippen molar-refractivity contribution in [3.05, 3.63) is 76.1 Å². The first-order valence-electron chi connectivity index (χ1n) is 9.11. The molecule has 1 aliphatic heterocycles. The van der Waals surface area contributed by atoms with Gasteiger partial charge in [-0.25, -0.2) is 0 Å². The molecule has 1 amide bonds. The first-order valence-corrected chi connectivity index (χ1v) is 10.2. The van der Waals surface area contributed by atoms with E-state index in [0.717, 1.165) is 11.3 Å². The van der Waals surface area contributed by atoms with Gasteiger partial charge in [0.1, 0.15) is 17.3 Å². The van der Waals surface area contributed by atoms with Crippen molar-refractivity contribution >= 4 is 23.5 Å². The normalized spacial score (nSPS) is 16.4. The van der Waals surface area contributed by atoms with Crippen LogP contribution in [0.5, 0.6) is 11.5 Å². The highest BCUT2D eigenvalue weighted by Gasteiger charge is 2.31. The Morgan fingerprint density at radius 1 is 1.07 bits per heavy atom. The zero-order chi connectivity index (χ0) is 19.7. The van der Waals surface area contributed by atoms with Crippen LogP contribution < -0.4 is 15.6 Å². The van der Waals surface area contributed by atoms with Crippen LogP contribution in [0.1, 0.15) is 36.3 Å². The highest BCUT2D eigenvalue weighted by Crippen LogP contribution is 2.41. The molecule has 2 N–H and O–H groups in total. The SMILES string of the molecule is CC(C)n1[nH]c(=O)c2c1NC(=O)CS[C@H]2c1cccc(Oc2ccccc2)c1. The molecule has 0 saturated carbocycles. The summed E-state index contributed by atoms with van der Waals surface area (Å²) >= 11 is 1.44. The van der Waals surface area contributed by atoms with E-state index in [1.165, 1.54) is 11.8 Å². The molecule has 144 valence electrons. The summed E-state index contributed by atoms with van der Waals surface area (Å²) in [6.45, 7) is 3.92. The van der Waals surface area contributed by atoms with Gasteiger partial charge < -0.3 is 10.1 Å². The second-order valence-electron chi connectivity index (χ2n) is 6.89. The lowest BCUT2D eigenvalue weighted by Crippen LogP contribution is -2.17. The Hall–Kier alpha value is -2.93. The van der Waals surface area contributed by atoms with Crippen LogP contribution >= 0.6 is 11.8 Å². The highest BCUT2D eigenvalue weighted by molar-refractivity contribution is 8.00. The number of hydrogen-bond acceptors (Lipinski definition) is 4. The fourth-order valence-electron chi connectivity index (χ4n) is 3.26. The monoisotopic (exact) mass is 395 g/mol. The van der Waals surface area contributed by atoms with Gasteiger partial charge in [0.25, 0.3) is 5.56 Å². The molecule has 0 saturated heterocycles. The van der Waals surface area contributed by atoms with Crippen molar-refractivity contribution in [1.82, 2.24) is 9.78 Å². The number of ether oxygens (including phenoxy) is 1. The lowest BCUT2D eigenvalue weighted by atomic mass is 10.1. The number of rotatable bonds is 4. The van der Waals surface area contributed by atoms with Gasteiger partial charge in [0.05, 0.1) is 16.6 Å². The number of nitrogens with one attached hydrogen (secondary N) is 2. The fourth-order valence-corrected chi connectivity index (χ4v) is 4.37. The maximum absolute atomic E-state index is 12.7. The van der Waals surface area contributed by atoms with Crippen LogP contribution in [0.4, 0.5) is 5.82 Å². The Morgan fingerprint density at radius 2 is 1.82 bits per heavy atom. The van der Waals surface area contributed by atoms with Crippen molar-refractivity contribution in [3.8, 4) is 11.5 Å². The van der Waals surface area contributed by atoms with Crippen LogP contribution in [-0.2, 0) is 4.79 Å². The quantitative estimate of drug-likeness (QED) is 0.690. The Balaban J connectivity index is 1.75. The summed E-state index contributed by atoms with van der Waals surface area (Å²) in [4.78, 5) is 25.0. The predicted octanol–water partition coefficient (Wildman–Crippen LogP) is 4.32. The Bertz CT molecular complexity index is 1060. The van der Waals surface area contributed by atoms with Gasteiger partial charge in [-0.15, -0.1) is 11.8 Å². The molecule has 1 aromatic heterocycles. The Labute approximate surface area is 166 Å². The van der Waals surface area contributed by atoms with Crippen LogP contribution in [0, 0.1) is 0 Å². The molecular formula is C21H21N3O3S. The largest absolute Gasteiger partial charge is 0.457 e. The average Bonchev–Trinajstić information content (AvgIpc) is 2.89. The van der Waals surface area contributed by atoms with E-state index in [-0.39, 0.29) is 28.5 Å². The molecule has 2 heterocycles. The third-order valence-corrected chi connectivity index (χ3v) is 5.79. The molecular weight excluding hydrogens is 374 g/mol. The minimum absolute atomic E-state index is 0.0215. The van der Waals surface area contributed by atoms with E-state index in [1.807, 2.05) is 68.4 Å². The van der Waals surface area contributed by atoms with E-state index in [0.29, 0.717) is 17.1 Å². The molecule has 28 heavy (non-hydrogen) atoms. The van der Waals surface area contributed by atoms with Gasteiger partial charge in [-0.2, -0.15) is 0 Å². The van der Waals surface area contributed by atoms with Crippen molar-refractivity contribution in [2.75, 3.05) is 11.1 Å². The number of aromatic amines is 1. The predicted molar refractivity (Wildman–Crippen MR) is 111 cm³/mol. The number of aromatic nitrogens is 2. The Morgan fingerprint density at radius 3 is 2.57 bits per heavy atom.